The van der Waals surface area contributed by atoms with Crippen molar-refractivity contribution in [3.63, 3.8) is 0 Å². The molecule has 7 heteroatoms. The highest BCUT2D eigenvalue weighted by molar-refractivity contribution is 9.11. The van der Waals surface area contributed by atoms with E-state index in [0.717, 1.165) is 11.1 Å². The van der Waals surface area contributed by atoms with Crippen LogP contribution in [-0.4, -0.2) is 8.42 Å². The van der Waals surface area contributed by atoms with Crippen molar-refractivity contribution in [1.29, 1.82) is 0 Å². The Morgan fingerprint density at radius 3 is 2.19 bits per heavy atom. The van der Waals surface area contributed by atoms with Gasteiger partial charge in [-0.1, -0.05) is 6.07 Å². The first-order valence-electron chi connectivity index (χ1n) is 6.06. The molecule has 0 fully saturated rings. The van der Waals surface area contributed by atoms with E-state index in [4.69, 9.17) is 5.73 Å². The van der Waals surface area contributed by atoms with Crippen molar-refractivity contribution in [3.8, 4) is 0 Å². The summed E-state index contributed by atoms with van der Waals surface area (Å²) in [6.07, 6.45) is 0. The highest BCUT2D eigenvalue weighted by atomic mass is 79.9. The first-order valence-corrected chi connectivity index (χ1v) is 9.13. The van der Waals surface area contributed by atoms with Gasteiger partial charge in [-0.3, -0.25) is 4.72 Å². The molecule has 0 aliphatic rings. The zero-order valence-corrected chi connectivity index (χ0v) is 15.4. The molecule has 0 amide bonds. The average molecular weight is 434 g/mol. The lowest BCUT2D eigenvalue weighted by molar-refractivity contribution is 0.601. The Labute approximate surface area is 141 Å². The minimum Gasteiger partial charge on any atom is -0.398 e. The smallest absolute Gasteiger partial charge is 0.262 e. The number of benzene rings is 2. The standard InChI is InChI=1S/C14H14Br2N2O2S/c1-8-6-10(7-13(17)9(8)2)21(19,20)18-14-11(15)4-3-5-12(14)16/h3-7,18H,17H2,1-2H3. The quantitative estimate of drug-likeness (QED) is 0.712. The van der Waals surface area contributed by atoms with E-state index in [1.54, 1.807) is 24.3 Å². The fraction of sp³-hybridized carbons (Fsp3) is 0.143. The fourth-order valence-corrected chi connectivity index (χ4v) is 4.48. The van der Waals surface area contributed by atoms with Gasteiger partial charge >= 0.3 is 0 Å². The van der Waals surface area contributed by atoms with Crippen LogP contribution in [-0.2, 0) is 10.0 Å². The van der Waals surface area contributed by atoms with E-state index in [1.165, 1.54) is 6.07 Å². The molecule has 0 aromatic heterocycles. The van der Waals surface area contributed by atoms with Crippen LogP contribution in [0, 0.1) is 13.8 Å². The van der Waals surface area contributed by atoms with Crippen LogP contribution in [0.15, 0.2) is 44.2 Å². The molecule has 112 valence electrons. The Morgan fingerprint density at radius 2 is 1.67 bits per heavy atom. The summed E-state index contributed by atoms with van der Waals surface area (Å²) in [5.74, 6) is 0. The van der Waals surface area contributed by atoms with Crippen molar-refractivity contribution in [2.24, 2.45) is 0 Å². The van der Waals surface area contributed by atoms with Crippen molar-refractivity contribution >= 4 is 53.3 Å². The van der Waals surface area contributed by atoms with Crippen molar-refractivity contribution in [1.82, 2.24) is 0 Å². The Bertz CT molecular complexity index is 761. The molecule has 0 spiro atoms. The fourth-order valence-electron chi connectivity index (χ4n) is 1.80. The monoisotopic (exact) mass is 432 g/mol. The van der Waals surface area contributed by atoms with Crippen molar-refractivity contribution in [2.75, 3.05) is 10.5 Å². The summed E-state index contributed by atoms with van der Waals surface area (Å²) in [5.41, 5.74) is 8.49. The zero-order chi connectivity index (χ0) is 15.8. The number of anilines is 2. The maximum atomic E-state index is 12.5. The number of aryl methyl sites for hydroxylation is 1. The minimum absolute atomic E-state index is 0.144. The van der Waals surface area contributed by atoms with E-state index in [-0.39, 0.29) is 4.90 Å². The Balaban J connectivity index is 2.49. The summed E-state index contributed by atoms with van der Waals surface area (Å²) in [7, 11) is -3.71. The van der Waals surface area contributed by atoms with Gasteiger partial charge in [0.1, 0.15) is 0 Å². The normalized spacial score (nSPS) is 11.4. The molecule has 0 aliphatic heterocycles. The summed E-state index contributed by atoms with van der Waals surface area (Å²) in [6.45, 7) is 3.69. The molecule has 0 unspecified atom stereocenters. The predicted octanol–water partition coefficient (Wildman–Crippen LogP) is 4.21. The van der Waals surface area contributed by atoms with E-state index in [2.05, 4.69) is 36.6 Å². The van der Waals surface area contributed by atoms with Crippen LogP contribution >= 0.6 is 31.9 Å². The van der Waals surface area contributed by atoms with Crippen molar-refractivity contribution < 1.29 is 8.42 Å². The van der Waals surface area contributed by atoms with Crippen molar-refractivity contribution in [2.45, 2.75) is 18.7 Å². The summed E-state index contributed by atoms with van der Waals surface area (Å²) in [5, 5.41) is 0. The van der Waals surface area contributed by atoms with Crippen molar-refractivity contribution in [3.05, 3.63) is 50.4 Å². The number of halogens is 2. The topological polar surface area (TPSA) is 72.2 Å². The number of nitrogens with two attached hydrogens (primary N) is 1. The number of hydrogen-bond acceptors (Lipinski definition) is 3. The number of nitrogen functional groups attached to an aromatic ring is 1. The van der Waals surface area contributed by atoms with E-state index in [9.17, 15) is 8.42 Å². The van der Waals surface area contributed by atoms with Gasteiger partial charge < -0.3 is 5.73 Å². The first kappa shape index (κ1) is 16.3. The molecule has 2 rings (SSSR count). The Kier molecular flexibility index (Phi) is 4.65. The largest absolute Gasteiger partial charge is 0.398 e. The number of rotatable bonds is 3. The average Bonchev–Trinajstić information content (AvgIpc) is 2.40. The molecular formula is C14H14Br2N2O2S. The van der Waals surface area contributed by atoms with Gasteiger partial charge in [0.05, 0.1) is 10.6 Å². The zero-order valence-electron chi connectivity index (χ0n) is 11.4. The van der Waals surface area contributed by atoms with Crippen LogP contribution in [0.5, 0.6) is 0 Å². The third kappa shape index (κ3) is 3.41. The Morgan fingerprint density at radius 1 is 1.10 bits per heavy atom. The van der Waals surface area contributed by atoms with E-state index >= 15 is 0 Å². The SMILES string of the molecule is Cc1cc(S(=O)(=O)Nc2c(Br)cccc2Br)cc(N)c1C. The summed E-state index contributed by atoms with van der Waals surface area (Å²) < 4.78 is 28.9. The number of nitrogens with one attached hydrogen (secondary N) is 1. The highest BCUT2D eigenvalue weighted by Crippen LogP contribution is 2.33. The third-order valence-electron chi connectivity index (χ3n) is 3.19. The second-order valence-corrected chi connectivity index (χ2v) is 8.05. The summed E-state index contributed by atoms with van der Waals surface area (Å²) in [6, 6.07) is 8.41. The predicted molar refractivity (Wildman–Crippen MR) is 93.0 cm³/mol. The maximum Gasteiger partial charge on any atom is 0.262 e. The lowest BCUT2D eigenvalue weighted by Crippen LogP contribution is -2.14. The molecule has 0 atom stereocenters. The molecule has 2 aromatic carbocycles. The van der Waals surface area contributed by atoms with Crippen LogP contribution in [0.3, 0.4) is 0 Å². The second-order valence-electron chi connectivity index (χ2n) is 4.66. The molecule has 2 aromatic rings. The van der Waals surface area contributed by atoms with E-state index in [0.29, 0.717) is 20.3 Å². The van der Waals surface area contributed by atoms with Crippen LogP contribution < -0.4 is 10.5 Å². The molecule has 0 saturated heterocycles. The minimum atomic E-state index is -3.71. The lowest BCUT2D eigenvalue weighted by atomic mass is 10.1. The number of sulfonamides is 1. The van der Waals surface area contributed by atoms with Gasteiger partial charge in [0, 0.05) is 14.6 Å². The number of para-hydroxylation sites is 1. The van der Waals surface area contributed by atoms with Gasteiger partial charge in [-0.25, -0.2) is 8.42 Å². The van der Waals surface area contributed by atoms with Gasteiger partial charge in [-0.05, 0) is 81.1 Å². The molecule has 0 aliphatic carbocycles. The molecule has 4 nitrogen and oxygen atoms in total. The van der Waals surface area contributed by atoms with E-state index < -0.39 is 10.0 Å². The molecule has 0 radical (unpaired) electrons. The number of hydrogen-bond donors (Lipinski definition) is 2. The van der Waals surface area contributed by atoms with Crippen LogP contribution in [0.1, 0.15) is 11.1 Å². The summed E-state index contributed by atoms with van der Waals surface area (Å²) >= 11 is 6.66. The third-order valence-corrected chi connectivity index (χ3v) is 5.84. The van der Waals surface area contributed by atoms with Gasteiger partial charge in [-0.15, -0.1) is 0 Å². The van der Waals surface area contributed by atoms with Gasteiger partial charge in [0.25, 0.3) is 10.0 Å². The molecular weight excluding hydrogens is 420 g/mol. The molecule has 21 heavy (non-hydrogen) atoms. The van der Waals surface area contributed by atoms with Gasteiger partial charge in [-0.2, -0.15) is 0 Å². The van der Waals surface area contributed by atoms with Crippen LogP contribution in [0.2, 0.25) is 0 Å². The maximum absolute atomic E-state index is 12.5. The van der Waals surface area contributed by atoms with Gasteiger partial charge in [0.2, 0.25) is 0 Å². The van der Waals surface area contributed by atoms with Crippen LogP contribution in [0.25, 0.3) is 0 Å². The molecule has 0 bridgehead atoms. The summed E-state index contributed by atoms with van der Waals surface area (Å²) in [4.78, 5) is 0.144. The second kappa shape index (κ2) is 5.98. The highest BCUT2D eigenvalue weighted by Gasteiger charge is 2.19. The first-order chi connectivity index (χ1) is 9.72. The molecule has 0 heterocycles. The van der Waals surface area contributed by atoms with Gasteiger partial charge in [0.15, 0.2) is 0 Å². The molecule has 3 N–H and O–H groups in total. The Hall–Kier alpha value is -1.05. The lowest BCUT2D eigenvalue weighted by Gasteiger charge is -2.13. The molecule has 0 saturated carbocycles. The van der Waals surface area contributed by atoms with E-state index in [1.807, 2.05) is 13.8 Å². The van der Waals surface area contributed by atoms with Crippen LogP contribution in [0.4, 0.5) is 11.4 Å².